The number of hydrazine groups is 1. The average molecular weight is 373 g/mol. The van der Waals surface area contributed by atoms with Crippen LogP contribution in [0.25, 0.3) is 11.2 Å². The van der Waals surface area contributed by atoms with Gasteiger partial charge in [0.15, 0.2) is 23.2 Å². The SMILES string of the molecule is NNc1nc(Nc2ccccc2)c2ncn([C@@H]3O[C@H](CO)[C@@H](O)[C@H]3O)c2n1. The molecule has 3 aromatic rings. The summed E-state index contributed by atoms with van der Waals surface area (Å²) in [6.07, 6.45) is -2.93. The van der Waals surface area contributed by atoms with Crippen LogP contribution in [0.1, 0.15) is 6.23 Å². The van der Waals surface area contributed by atoms with Crippen LogP contribution in [0, 0.1) is 0 Å². The lowest BCUT2D eigenvalue weighted by Crippen LogP contribution is -2.33. The molecule has 2 aromatic heterocycles. The number of benzene rings is 1. The van der Waals surface area contributed by atoms with Gasteiger partial charge in [-0.05, 0) is 12.1 Å². The van der Waals surface area contributed by atoms with Crippen LogP contribution in [-0.2, 0) is 4.74 Å². The normalized spacial score (nSPS) is 25.0. The number of imidazole rings is 1. The maximum atomic E-state index is 10.3. The molecule has 0 unspecified atom stereocenters. The van der Waals surface area contributed by atoms with E-state index in [9.17, 15) is 15.3 Å². The van der Waals surface area contributed by atoms with Crippen LogP contribution in [0.2, 0.25) is 0 Å². The lowest BCUT2D eigenvalue weighted by molar-refractivity contribution is -0.0511. The molecule has 4 atom stereocenters. The summed E-state index contributed by atoms with van der Waals surface area (Å²) in [6.45, 7) is -0.424. The Morgan fingerprint density at radius 3 is 2.59 bits per heavy atom. The van der Waals surface area contributed by atoms with Crippen molar-refractivity contribution in [2.75, 3.05) is 17.3 Å². The minimum absolute atomic E-state index is 0.134. The van der Waals surface area contributed by atoms with Crippen molar-refractivity contribution in [1.29, 1.82) is 0 Å². The summed E-state index contributed by atoms with van der Waals surface area (Å²) in [7, 11) is 0. The fourth-order valence-electron chi connectivity index (χ4n) is 3.02. The van der Waals surface area contributed by atoms with Crippen molar-refractivity contribution in [2.24, 2.45) is 5.84 Å². The first-order valence-corrected chi connectivity index (χ1v) is 8.28. The molecule has 1 saturated heterocycles. The predicted molar refractivity (Wildman–Crippen MR) is 95.9 cm³/mol. The second-order valence-electron chi connectivity index (χ2n) is 6.08. The molecule has 0 amide bonds. The number of para-hydroxylation sites is 1. The van der Waals surface area contributed by atoms with E-state index in [-0.39, 0.29) is 5.95 Å². The Labute approximate surface area is 153 Å². The van der Waals surface area contributed by atoms with Crippen molar-refractivity contribution in [3.8, 4) is 0 Å². The maximum Gasteiger partial charge on any atom is 0.241 e. The van der Waals surface area contributed by atoms with E-state index >= 15 is 0 Å². The van der Waals surface area contributed by atoms with Gasteiger partial charge in [0.2, 0.25) is 5.95 Å². The zero-order chi connectivity index (χ0) is 19.0. The van der Waals surface area contributed by atoms with Crippen LogP contribution in [-0.4, -0.2) is 59.8 Å². The van der Waals surface area contributed by atoms with Gasteiger partial charge in [0.1, 0.15) is 18.3 Å². The van der Waals surface area contributed by atoms with Crippen molar-refractivity contribution >= 4 is 28.6 Å². The first kappa shape index (κ1) is 17.6. The van der Waals surface area contributed by atoms with Crippen LogP contribution in [0.15, 0.2) is 36.7 Å². The van der Waals surface area contributed by atoms with E-state index < -0.39 is 31.1 Å². The molecule has 1 aromatic carbocycles. The molecule has 11 nitrogen and oxygen atoms in total. The van der Waals surface area contributed by atoms with Crippen LogP contribution >= 0.6 is 0 Å². The van der Waals surface area contributed by atoms with E-state index in [0.29, 0.717) is 17.0 Å². The van der Waals surface area contributed by atoms with Crippen molar-refractivity contribution in [1.82, 2.24) is 19.5 Å². The molecule has 1 aliphatic rings. The molecule has 0 aliphatic carbocycles. The van der Waals surface area contributed by atoms with E-state index in [4.69, 9.17) is 10.6 Å². The van der Waals surface area contributed by atoms with Crippen molar-refractivity contribution in [3.63, 3.8) is 0 Å². The quantitative estimate of drug-likeness (QED) is 0.253. The van der Waals surface area contributed by atoms with Gasteiger partial charge in [-0.2, -0.15) is 9.97 Å². The fraction of sp³-hybridized carbons (Fsp3) is 0.312. The lowest BCUT2D eigenvalue weighted by atomic mass is 10.1. The molecular weight excluding hydrogens is 354 g/mol. The number of hydrogen-bond acceptors (Lipinski definition) is 10. The number of aromatic nitrogens is 4. The highest BCUT2D eigenvalue weighted by Gasteiger charge is 2.44. The Bertz CT molecular complexity index is 935. The smallest absolute Gasteiger partial charge is 0.241 e. The molecule has 0 spiro atoms. The monoisotopic (exact) mass is 373 g/mol. The highest BCUT2D eigenvalue weighted by atomic mass is 16.6. The fourth-order valence-corrected chi connectivity index (χ4v) is 3.02. The Kier molecular flexibility index (Phi) is 4.59. The first-order valence-electron chi connectivity index (χ1n) is 8.28. The molecule has 0 radical (unpaired) electrons. The molecule has 11 heteroatoms. The summed E-state index contributed by atoms with van der Waals surface area (Å²) < 4.78 is 7.03. The average Bonchev–Trinajstić information content (AvgIpc) is 3.24. The van der Waals surface area contributed by atoms with Gasteiger partial charge in [0, 0.05) is 5.69 Å². The minimum atomic E-state index is -1.26. The minimum Gasteiger partial charge on any atom is -0.394 e. The number of nitrogens with zero attached hydrogens (tertiary/aromatic N) is 4. The standard InChI is InChI=1S/C16H19N7O4/c17-22-16-20-13(19-8-4-2-1-3-5-8)10-14(21-16)23(7-18-10)15-12(26)11(25)9(6-24)27-15/h1-5,7,9,11-12,15,24-26H,6,17H2,(H2,19,20,21,22)/t9-,11-,12-,15-/m1/s1. The number of anilines is 3. The summed E-state index contributed by atoms with van der Waals surface area (Å²) in [6, 6.07) is 9.38. The number of aliphatic hydroxyl groups excluding tert-OH is 3. The molecule has 0 saturated carbocycles. The third-order valence-corrected chi connectivity index (χ3v) is 4.38. The topological polar surface area (TPSA) is 164 Å². The second-order valence-corrected chi connectivity index (χ2v) is 6.08. The number of hydrogen-bond donors (Lipinski definition) is 6. The van der Waals surface area contributed by atoms with Gasteiger partial charge in [0.05, 0.1) is 12.9 Å². The van der Waals surface area contributed by atoms with Gasteiger partial charge >= 0.3 is 0 Å². The lowest BCUT2D eigenvalue weighted by Gasteiger charge is -2.17. The second kappa shape index (κ2) is 7.06. The van der Waals surface area contributed by atoms with Gasteiger partial charge in [-0.25, -0.2) is 10.8 Å². The molecule has 1 fully saturated rings. The van der Waals surface area contributed by atoms with Gasteiger partial charge in [-0.1, -0.05) is 18.2 Å². The Morgan fingerprint density at radius 1 is 1.15 bits per heavy atom. The predicted octanol–water partition coefficient (Wildman–Crippen LogP) is -0.533. The summed E-state index contributed by atoms with van der Waals surface area (Å²) >= 11 is 0. The number of nitrogens with two attached hydrogens (primary N) is 1. The highest BCUT2D eigenvalue weighted by molar-refractivity contribution is 5.86. The third-order valence-electron chi connectivity index (χ3n) is 4.38. The number of ether oxygens (including phenoxy) is 1. The van der Waals surface area contributed by atoms with E-state index in [1.165, 1.54) is 10.9 Å². The zero-order valence-corrected chi connectivity index (χ0v) is 14.1. The zero-order valence-electron chi connectivity index (χ0n) is 14.1. The van der Waals surface area contributed by atoms with Crippen molar-refractivity contribution in [2.45, 2.75) is 24.5 Å². The molecule has 1 aliphatic heterocycles. The van der Waals surface area contributed by atoms with Gasteiger partial charge in [-0.3, -0.25) is 9.99 Å². The van der Waals surface area contributed by atoms with E-state index in [0.717, 1.165) is 5.69 Å². The number of nitrogens with one attached hydrogen (secondary N) is 2. The number of rotatable bonds is 5. The van der Waals surface area contributed by atoms with E-state index in [1.54, 1.807) is 0 Å². The highest BCUT2D eigenvalue weighted by Crippen LogP contribution is 2.33. The number of aliphatic hydroxyl groups is 3. The van der Waals surface area contributed by atoms with Gasteiger partial charge in [0.25, 0.3) is 0 Å². The molecule has 4 rings (SSSR count). The maximum absolute atomic E-state index is 10.3. The summed E-state index contributed by atoms with van der Waals surface area (Å²) in [5.41, 5.74) is 3.96. The molecule has 27 heavy (non-hydrogen) atoms. The van der Waals surface area contributed by atoms with Crippen LogP contribution < -0.4 is 16.6 Å². The largest absolute Gasteiger partial charge is 0.394 e. The Balaban J connectivity index is 1.77. The molecule has 0 bridgehead atoms. The number of fused-ring (bicyclic) bond motifs is 1. The summed E-state index contributed by atoms with van der Waals surface area (Å²) in [4.78, 5) is 12.9. The van der Waals surface area contributed by atoms with Crippen molar-refractivity contribution in [3.05, 3.63) is 36.7 Å². The molecule has 142 valence electrons. The van der Waals surface area contributed by atoms with E-state index in [2.05, 4.69) is 25.7 Å². The first-order chi connectivity index (χ1) is 13.1. The summed E-state index contributed by atoms with van der Waals surface area (Å²) in [5.74, 6) is 6.02. The third kappa shape index (κ3) is 3.07. The van der Waals surface area contributed by atoms with Crippen molar-refractivity contribution < 1.29 is 20.1 Å². The summed E-state index contributed by atoms with van der Waals surface area (Å²) in [5, 5.41) is 32.7. The van der Waals surface area contributed by atoms with Crippen LogP contribution in [0.5, 0.6) is 0 Å². The van der Waals surface area contributed by atoms with Gasteiger partial charge < -0.3 is 25.4 Å². The molecular formula is C16H19N7O4. The molecule has 3 heterocycles. The Morgan fingerprint density at radius 2 is 1.93 bits per heavy atom. The van der Waals surface area contributed by atoms with Crippen LogP contribution in [0.3, 0.4) is 0 Å². The van der Waals surface area contributed by atoms with E-state index in [1.807, 2.05) is 30.3 Å². The molecule has 7 N–H and O–H groups in total. The van der Waals surface area contributed by atoms with Crippen LogP contribution in [0.4, 0.5) is 17.5 Å². The number of nitrogen functional groups attached to an aromatic ring is 1. The van der Waals surface area contributed by atoms with Gasteiger partial charge in [-0.15, -0.1) is 0 Å². The Hall–Kier alpha value is -2.83.